The van der Waals surface area contributed by atoms with Gasteiger partial charge in [0.2, 0.25) is 0 Å². The fourth-order valence-electron chi connectivity index (χ4n) is 1.88. The zero-order valence-corrected chi connectivity index (χ0v) is 10.4. The Morgan fingerprint density at radius 3 is 2.67 bits per heavy atom. The van der Waals surface area contributed by atoms with E-state index in [2.05, 4.69) is 0 Å². The molecule has 1 aromatic carbocycles. The molecule has 2 rings (SSSR count). The van der Waals surface area contributed by atoms with Gasteiger partial charge in [-0.05, 0) is 18.2 Å². The molecule has 114 valence electrons. The van der Waals surface area contributed by atoms with E-state index in [1.54, 1.807) is 0 Å². The van der Waals surface area contributed by atoms with Gasteiger partial charge in [-0.2, -0.15) is 13.2 Å². The van der Waals surface area contributed by atoms with Crippen molar-refractivity contribution in [2.45, 2.75) is 18.7 Å². The Labute approximate surface area is 115 Å². The molecule has 0 aliphatic carbocycles. The van der Waals surface area contributed by atoms with E-state index >= 15 is 0 Å². The molecule has 1 amide bonds. The standard InChI is InChI=1S/C12H9F4NO4/c13-8-2-1-6(3-7(8)12(14,15)16)17-5-21-9(11(17)20)4-10(18)19/h1-3,9H,4-5H2,(H,18,19). The van der Waals surface area contributed by atoms with Crippen molar-refractivity contribution in [3.05, 3.63) is 29.6 Å². The highest BCUT2D eigenvalue weighted by Crippen LogP contribution is 2.34. The molecule has 1 aromatic rings. The lowest BCUT2D eigenvalue weighted by atomic mass is 10.1. The molecule has 1 heterocycles. The second-order valence-corrected chi connectivity index (χ2v) is 4.31. The van der Waals surface area contributed by atoms with Crippen LogP contribution in [-0.2, 0) is 20.5 Å². The van der Waals surface area contributed by atoms with E-state index in [1.165, 1.54) is 0 Å². The van der Waals surface area contributed by atoms with E-state index in [4.69, 9.17) is 9.84 Å². The van der Waals surface area contributed by atoms with Gasteiger partial charge in [-0.1, -0.05) is 0 Å². The first kappa shape index (κ1) is 15.2. The summed E-state index contributed by atoms with van der Waals surface area (Å²) in [5.74, 6) is -3.51. The van der Waals surface area contributed by atoms with Gasteiger partial charge < -0.3 is 9.84 Å². The number of benzene rings is 1. The van der Waals surface area contributed by atoms with Gasteiger partial charge in [0.25, 0.3) is 5.91 Å². The van der Waals surface area contributed by atoms with Gasteiger partial charge in [0.1, 0.15) is 18.7 Å². The van der Waals surface area contributed by atoms with Crippen LogP contribution in [0.2, 0.25) is 0 Å². The number of carbonyl (C=O) groups is 2. The number of carboxylic acid groups (broad SMARTS) is 1. The Bertz CT molecular complexity index is 587. The molecule has 1 atom stereocenters. The fraction of sp³-hybridized carbons (Fsp3) is 0.333. The number of amides is 1. The van der Waals surface area contributed by atoms with Gasteiger partial charge >= 0.3 is 12.1 Å². The maximum atomic E-state index is 13.2. The van der Waals surface area contributed by atoms with Crippen LogP contribution in [0.1, 0.15) is 12.0 Å². The number of aliphatic carboxylic acids is 1. The molecule has 1 aliphatic rings. The first-order valence-electron chi connectivity index (χ1n) is 5.71. The summed E-state index contributed by atoms with van der Waals surface area (Å²) in [4.78, 5) is 23.2. The minimum Gasteiger partial charge on any atom is -0.481 e. The van der Waals surface area contributed by atoms with Gasteiger partial charge in [0, 0.05) is 5.69 Å². The summed E-state index contributed by atoms with van der Waals surface area (Å²) in [5.41, 5.74) is -1.71. The fourth-order valence-corrected chi connectivity index (χ4v) is 1.88. The van der Waals surface area contributed by atoms with Gasteiger partial charge in [-0.15, -0.1) is 0 Å². The van der Waals surface area contributed by atoms with E-state index in [1.807, 2.05) is 0 Å². The van der Waals surface area contributed by atoms with Gasteiger partial charge in [0.15, 0.2) is 0 Å². The van der Waals surface area contributed by atoms with Crippen LogP contribution in [0.25, 0.3) is 0 Å². The molecule has 1 unspecified atom stereocenters. The molecule has 1 aliphatic heterocycles. The summed E-state index contributed by atoms with van der Waals surface area (Å²) in [6, 6.07) is 2.07. The molecule has 0 saturated carbocycles. The minimum absolute atomic E-state index is 0.207. The van der Waals surface area contributed by atoms with Crippen molar-refractivity contribution in [1.82, 2.24) is 0 Å². The van der Waals surface area contributed by atoms with Crippen molar-refractivity contribution < 1.29 is 37.0 Å². The molecular formula is C12H9F4NO4. The third-order valence-electron chi connectivity index (χ3n) is 2.87. The van der Waals surface area contributed by atoms with Crippen molar-refractivity contribution in [3.8, 4) is 0 Å². The number of rotatable bonds is 3. The zero-order valence-electron chi connectivity index (χ0n) is 10.4. The first-order valence-corrected chi connectivity index (χ1v) is 5.71. The van der Waals surface area contributed by atoms with Gasteiger partial charge in [-0.3, -0.25) is 14.5 Å². The molecule has 0 radical (unpaired) electrons. The topological polar surface area (TPSA) is 66.8 Å². The van der Waals surface area contributed by atoms with Crippen LogP contribution < -0.4 is 4.90 Å². The average molecular weight is 307 g/mol. The van der Waals surface area contributed by atoms with E-state index < -0.39 is 42.0 Å². The Kier molecular flexibility index (Phi) is 3.86. The smallest absolute Gasteiger partial charge is 0.419 e. The molecular weight excluding hydrogens is 298 g/mol. The number of carboxylic acids is 1. The van der Waals surface area contributed by atoms with E-state index in [0.717, 1.165) is 11.0 Å². The summed E-state index contributed by atoms with van der Waals surface area (Å²) < 4.78 is 55.9. The first-order chi connectivity index (χ1) is 9.70. The minimum atomic E-state index is -4.90. The molecule has 0 bridgehead atoms. The van der Waals surface area contributed by atoms with Crippen molar-refractivity contribution in [1.29, 1.82) is 0 Å². The third kappa shape index (κ3) is 3.13. The maximum Gasteiger partial charge on any atom is 0.419 e. The van der Waals surface area contributed by atoms with Crippen molar-refractivity contribution in [3.63, 3.8) is 0 Å². The van der Waals surface area contributed by atoms with Crippen molar-refractivity contribution in [2.24, 2.45) is 0 Å². The van der Waals surface area contributed by atoms with Crippen LogP contribution in [0.4, 0.5) is 23.2 Å². The quantitative estimate of drug-likeness (QED) is 0.868. The number of hydrogen-bond donors (Lipinski definition) is 1. The van der Waals surface area contributed by atoms with Crippen LogP contribution in [0.15, 0.2) is 18.2 Å². The van der Waals surface area contributed by atoms with Crippen molar-refractivity contribution in [2.75, 3.05) is 11.6 Å². The van der Waals surface area contributed by atoms with E-state index in [0.29, 0.717) is 12.1 Å². The largest absolute Gasteiger partial charge is 0.481 e. The molecule has 5 nitrogen and oxygen atoms in total. The molecule has 1 saturated heterocycles. The zero-order chi connectivity index (χ0) is 15.8. The monoisotopic (exact) mass is 307 g/mol. The Morgan fingerprint density at radius 1 is 1.43 bits per heavy atom. The van der Waals surface area contributed by atoms with Crippen LogP contribution in [0.3, 0.4) is 0 Å². The highest BCUT2D eigenvalue weighted by Gasteiger charge is 2.38. The molecule has 1 fully saturated rings. The Morgan fingerprint density at radius 2 is 2.10 bits per heavy atom. The van der Waals surface area contributed by atoms with Gasteiger partial charge in [0.05, 0.1) is 12.0 Å². The molecule has 9 heteroatoms. The van der Waals surface area contributed by atoms with Crippen LogP contribution in [0.5, 0.6) is 0 Å². The lowest BCUT2D eigenvalue weighted by Crippen LogP contribution is -2.30. The molecule has 0 aromatic heterocycles. The second-order valence-electron chi connectivity index (χ2n) is 4.31. The van der Waals surface area contributed by atoms with Crippen molar-refractivity contribution >= 4 is 17.6 Å². The highest BCUT2D eigenvalue weighted by atomic mass is 19.4. The molecule has 1 N–H and O–H groups in total. The number of alkyl halides is 3. The molecule has 0 spiro atoms. The average Bonchev–Trinajstić information content (AvgIpc) is 2.70. The second kappa shape index (κ2) is 5.32. The summed E-state index contributed by atoms with van der Waals surface area (Å²) >= 11 is 0. The number of halogens is 4. The summed E-state index contributed by atoms with van der Waals surface area (Å²) in [7, 11) is 0. The normalized spacial score (nSPS) is 19.1. The Hall–Kier alpha value is -2.16. The summed E-state index contributed by atoms with van der Waals surface area (Å²) in [6.45, 7) is -0.389. The highest BCUT2D eigenvalue weighted by molar-refractivity contribution is 5.99. The lowest BCUT2D eigenvalue weighted by molar-refractivity contribution is -0.142. The van der Waals surface area contributed by atoms with Crippen LogP contribution in [-0.4, -0.2) is 29.8 Å². The van der Waals surface area contributed by atoms with Gasteiger partial charge in [-0.25, -0.2) is 4.39 Å². The van der Waals surface area contributed by atoms with Crippen LogP contribution in [0, 0.1) is 5.82 Å². The summed E-state index contributed by atoms with van der Waals surface area (Å²) in [6.07, 6.45) is -6.76. The SMILES string of the molecule is O=C(O)CC1OCN(c2ccc(F)c(C(F)(F)F)c2)C1=O. The lowest BCUT2D eigenvalue weighted by Gasteiger charge is -2.16. The summed E-state index contributed by atoms with van der Waals surface area (Å²) in [5, 5.41) is 8.59. The number of anilines is 1. The van der Waals surface area contributed by atoms with E-state index in [9.17, 15) is 27.2 Å². The number of carbonyl (C=O) groups excluding carboxylic acids is 1. The number of hydrogen-bond acceptors (Lipinski definition) is 3. The number of nitrogens with zero attached hydrogens (tertiary/aromatic N) is 1. The predicted octanol–water partition coefficient (Wildman–Crippen LogP) is 2.01. The maximum absolute atomic E-state index is 13.2. The third-order valence-corrected chi connectivity index (χ3v) is 2.87. The molecule has 21 heavy (non-hydrogen) atoms. The van der Waals surface area contributed by atoms with E-state index in [-0.39, 0.29) is 12.4 Å². The van der Waals surface area contributed by atoms with Crippen LogP contribution >= 0.6 is 0 Å². The Balaban J connectivity index is 2.28. The number of ether oxygens (including phenoxy) is 1. The predicted molar refractivity (Wildman–Crippen MR) is 60.9 cm³/mol.